The van der Waals surface area contributed by atoms with Crippen LogP contribution in [-0.2, 0) is 10.2 Å². The molecule has 5 heteroatoms. The molecule has 4 nitrogen and oxygen atoms in total. The van der Waals surface area contributed by atoms with Crippen LogP contribution in [0.4, 0.5) is 0 Å². The number of hydrogen-bond donors (Lipinski definition) is 1. The van der Waals surface area contributed by atoms with Crippen LogP contribution in [0.15, 0.2) is 0 Å². The minimum absolute atomic E-state index is 0.375. The lowest BCUT2D eigenvalue weighted by Gasteiger charge is -2.18. The average Bonchev–Trinajstić information content (AvgIpc) is 2.14. The predicted octanol–water partition coefficient (Wildman–Crippen LogP) is 0.576. The van der Waals surface area contributed by atoms with Gasteiger partial charge in [0, 0.05) is 26.1 Å². The lowest BCUT2D eigenvalue weighted by atomic mass is 10.4. The molecule has 14 heavy (non-hydrogen) atoms. The van der Waals surface area contributed by atoms with E-state index in [0.29, 0.717) is 26.1 Å². The van der Waals surface area contributed by atoms with Gasteiger partial charge in [0.2, 0.25) is 0 Å². The van der Waals surface area contributed by atoms with E-state index in [0.717, 1.165) is 0 Å². The van der Waals surface area contributed by atoms with Gasteiger partial charge in [-0.2, -0.15) is 12.7 Å². The summed E-state index contributed by atoms with van der Waals surface area (Å²) < 4.78 is 26.9. The summed E-state index contributed by atoms with van der Waals surface area (Å²) in [6.45, 7) is 6.72. The van der Waals surface area contributed by atoms with Gasteiger partial charge >= 0.3 is 0 Å². The Kier molecular flexibility index (Phi) is 6.54. The number of rotatable bonds is 6. The van der Waals surface area contributed by atoms with Gasteiger partial charge in [0.05, 0.1) is 0 Å². The highest BCUT2D eigenvalue weighted by Crippen LogP contribution is 1.95. The zero-order valence-electron chi connectivity index (χ0n) is 9.00. The van der Waals surface area contributed by atoms with Gasteiger partial charge in [0.15, 0.2) is 0 Å². The molecule has 0 aliphatic carbocycles. The van der Waals surface area contributed by atoms with E-state index >= 15 is 0 Å². The fraction of sp³-hybridized carbons (Fsp3) is 0.778. The van der Waals surface area contributed by atoms with Crippen molar-refractivity contribution < 1.29 is 8.42 Å². The predicted molar refractivity (Wildman–Crippen MR) is 57.9 cm³/mol. The largest absolute Gasteiger partial charge is 0.279 e. The molecule has 0 heterocycles. The second-order valence-electron chi connectivity index (χ2n) is 2.66. The van der Waals surface area contributed by atoms with Crippen molar-refractivity contribution in [3.8, 4) is 11.8 Å². The number of hydrogen-bond acceptors (Lipinski definition) is 2. The van der Waals surface area contributed by atoms with E-state index in [4.69, 9.17) is 0 Å². The Morgan fingerprint density at radius 2 is 1.86 bits per heavy atom. The van der Waals surface area contributed by atoms with E-state index in [1.54, 1.807) is 6.92 Å². The van der Waals surface area contributed by atoms with Gasteiger partial charge in [-0.3, -0.25) is 0 Å². The lowest BCUT2D eigenvalue weighted by Crippen LogP contribution is -2.40. The van der Waals surface area contributed by atoms with Gasteiger partial charge in [0.25, 0.3) is 10.2 Å². The van der Waals surface area contributed by atoms with Crippen molar-refractivity contribution in [1.29, 1.82) is 0 Å². The van der Waals surface area contributed by atoms with E-state index in [2.05, 4.69) is 16.6 Å². The van der Waals surface area contributed by atoms with Crippen LogP contribution in [0.2, 0.25) is 0 Å². The molecule has 1 N–H and O–H groups in total. The first kappa shape index (κ1) is 13.4. The van der Waals surface area contributed by atoms with Crippen molar-refractivity contribution in [2.45, 2.75) is 27.2 Å². The van der Waals surface area contributed by atoms with Crippen LogP contribution in [0.5, 0.6) is 0 Å². The standard InChI is InChI=1S/C9H18N2O2S/c1-4-7-8-9-10-14(12,13)11(5-2)6-3/h10H,5-6,8-9H2,1-3H3. The first-order valence-corrected chi connectivity index (χ1v) is 6.16. The maximum absolute atomic E-state index is 11.5. The van der Waals surface area contributed by atoms with E-state index in [1.165, 1.54) is 4.31 Å². The molecule has 0 saturated carbocycles. The molecular weight excluding hydrogens is 200 g/mol. The van der Waals surface area contributed by atoms with Crippen molar-refractivity contribution in [3.63, 3.8) is 0 Å². The molecule has 0 aromatic rings. The van der Waals surface area contributed by atoms with Crippen molar-refractivity contribution in [1.82, 2.24) is 9.03 Å². The molecule has 0 rings (SSSR count). The summed E-state index contributed by atoms with van der Waals surface area (Å²) in [5.74, 6) is 5.51. The summed E-state index contributed by atoms with van der Waals surface area (Å²) in [6.07, 6.45) is 0.553. The number of nitrogens with zero attached hydrogens (tertiary/aromatic N) is 1. The van der Waals surface area contributed by atoms with Crippen LogP contribution in [0.25, 0.3) is 0 Å². The van der Waals surface area contributed by atoms with Crippen molar-refractivity contribution >= 4 is 10.2 Å². The van der Waals surface area contributed by atoms with E-state index in [9.17, 15) is 8.42 Å². The van der Waals surface area contributed by atoms with Crippen LogP contribution < -0.4 is 4.72 Å². The average molecular weight is 218 g/mol. The minimum atomic E-state index is -3.29. The normalized spacial score (nSPS) is 11.1. The molecule has 0 radical (unpaired) electrons. The lowest BCUT2D eigenvalue weighted by molar-refractivity contribution is 0.435. The summed E-state index contributed by atoms with van der Waals surface area (Å²) in [5.41, 5.74) is 0. The second kappa shape index (κ2) is 6.82. The molecule has 0 aromatic carbocycles. The zero-order chi connectivity index (χ0) is 11.0. The van der Waals surface area contributed by atoms with Gasteiger partial charge in [-0.25, -0.2) is 4.72 Å². The smallest absolute Gasteiger partial charge is 0.201 e. The van der Waals surface area contributed by atoms with Crippen LogP contribution >= 0.6 is 0 Å². The zero-order valence-corrected chi connectivity index (χ0v) is 9.82. The third kappa shape index (κ3) is 4.61. The van der Waals surface area contributed by atoms with Crippen molar-refractivity contribution in [2.24, 2.45) is 0 Å². The quantitative estimate of drug-likeness (QED) is 0.523. The molecule has 0 aromatic heterocycles. The Labute approximate surface area is 86.9 Å². The Hall–Kier alpha value is -0.570. The third-order valence-corrected chi connectivity index (χ3v) is 3.52. The molecule has 0 spiro atoms. The molecule has 0 atom stereocenters. The summed E-state index contributed by atoms with van der Waals surface area (Å²) in [5, 5.41) is 0. The Bertz CT molecular complexity index is 297. The molecule has 0 fully saturated rings. The topological polar surface area (TPSA) is 49.4 Å². The number of nitrogens with one attached hydrogen (secondary N) is 1. The molecule has 0 aliphatic rings. The van der Waals surface area contributed by atoms with Gasteiger partial charge < -0.3 is 0 Å². The second-order valence-corrected chi connectivity index (χ2v) is 4.42. The Morgan fingerprint density at radius 3 is 2.29 bits per heavy atom. The van der Waals surface area contributed by atoms with E-state index in [-0.39, 0.29) is 0 Å². The highest BCUT2D eigenvalue weighted by atomic mass is 32.2. The van der Waals surface area contributed by atoms with Gasteiger partial charge in [0.1, 0.15) is 0 Å². The molecule has 0 aliphatic heterocycles. The van der Waals surface area contributed by atoms with Crippen LogP contribution in [-0.4, -0.2) is 32.4 Å². The summed E-state index contributed by atoms with van der Waals surface area (Å²) in [4.78, 5) is 0. The summed E-state index contributed by atoms with van der Waals surface area (Å²) >= 11 is 0. The summed E-state index contributed by atoms with van der Waals surface area (Å²) in [6, 6.07) is 0. The van der Waals surface area contributed by atoms with Gasteiger partial charge in [-0.1, -0.05) is 13.8 Å². The Balaban J connectivity index is 4.11. The van der Waals surface area contributed by atoms with Crippen molar-refractivity contribution in [3.05, 3.63) is 0 Å². The maximum Gasteiger partial charge on any atom is 0.279 e. The fourth-order valence-electron chi connectivity index (χ4n) is 1.02. The van der Waals surface area contributed by atoms with Gasteiger partial charge in [-0.05, 0) is 6.92 Å². The molecule has 82 valence electrons. The minimum Gasteiger partial charge on any atom is -0.201 e. The fourth-order valence-corrected chi connectivity index (χ4v) is 2.24. The highest BCUT2D eigenvalue weighted by Gasteiger charge is 2.16. The Morgan fingerprint density at radius 1 is 1.29 bits per heavy atom. The molecule has 0 saturated heterocycles. The van der Waals surface area contributed by atoms with Crippen LogP contribution in [0, 0.1) is 11.8 Å². The third-order valence-electron chi connectivity index (χ3n) is 1.76. The monoisotopic (exact) mass is 218 g/mol. The van der Waals surface area contributed by atoms with E-state index in [1.807, 2.05) is 13.8 Å². The molecule has 0 bridgehead atoms. The van der Waals surface area contributed by atoms with Gasteiger partial charge in [-0.15, -0.1) is 11.8 Å². The molecular formula is C9H18N2O2S. The van der Waals surface area contributed by atoms with E-state index < -0.39 is 10.2 Å². The maximum atomic E-state index is 11.5. The van der Waals surface area contributed by atoms with Crippen molar-refractivity contribution in [2.75, 3.05) is 19.6 Å². The van der Waals surface area contributed by atoms with Crippen LogP contribution in [0.3, 0.4) is 0 Å². The van der Waals surface area contributed by atoms with Crippen LogP contribution in [0.1, 0.15) is 27.2 Å². The molecule has 0 unspecified atom stereocenters. The highest BCUT2D eigenvalue weighted by molar-refractivity contribution is 7.87. The summed E-state index contributed by atoms with van der Waals surface area (Å²) in [7, 11) is -3.29. The first-order chi connectivity index (χ1) is 6.58. The SMILES string of the molecule is CC#CCCNS(=O)(=O)N(CC)CC. The first-order valence-electron chi connectivity index (χ1n) is 4.72. The molecule has 0 amide bonds.